The van der Waals surface area contributed by atoms with E-state index in [0.717, 1.165) is 38.1 Å². The Balaban J connectivity index is 2.67. The van der Waals surface area contributed by atoms with Gasteiger partial charge in [-0.05, 0) is 19.4 Å². The molecule has 14 heavy (non-hydrogen) atoms. The number of nitrogens with two attached hydrogens (primary N) is 1. The Morgan fingerprint density at radius 3 is 2.93 bits per heavy atom. The zero-order valence-corrected chi connectivity index (χ0v) is 8.62. The number of rotatable bonds is 6. The van der Waals surface area contributed by atoms with Crippen LogP contribution in [0.3, 0.4) is 0 Å². The summed E-state index contributed by atoms with van der Waals surface area (Å²) in [5.74, 6) is 0.828. The summed E-state index contributed by atoms with van der Waals surface area (Å²) in [4.78, 5) is 11.3. The molecule has 5 nitrogen and oxygen atoms in total. The van der Waals surface area contributed by atoms with Gasteiger partial charge in [0, 0.05) is 13.0 Å². The van der Waals surface area contributed by atoms with Gasteiger partial charge in [-0.2, -0.15) is 5.10 Å². The van der Waals surface area contributed by atoms with Crippen molar-refractivity contribution in [3.63, 3.8) is 0 Å². The summed E-state index contributed by atoms with van der Waals surface area (Å²) in [6, 6.07) is 0. The predicted octanol–water partition coefficient (Wildman–Crippen LogP) is 0.263. The van der Waals surface area contributed by atoms with Crippen molar-refractivity contribution in [2.75, 3.05) is 6.54 Å². The van der Waals surface area contributed by atoms with E-state index in [9.17, 15) is 4.79 Å². The number of unbranched alkanes of at least 4 members (excludes halogenated alkanes) is 1. The summed E-state index contributed by atoms with van der Waals surface area (Å²) >= 11 is 0. The van der Waals surface area contributed by atoms with Crippen LogP contribution in [-0.4, -0.2) is 21.3 Å². The minimum absolute atomic E-state index is 0.106. The molecule has 0 saturated carbocycles. The molecule has 0 radical (unpaired) electrons. The van der Waals surface area contributed by atoms with Crippen LogP contribution in [0.4, 0.5) is 0 Å². The maximum absolute atomic E-state index is 11.3. The maximum Gasteiger partial charge on any atom is 0.343 e. The quantitative estimate of drug-likeness (QED) is 0.688. The molecule has 1 aromatic heterocycles. The molecule has 1 aromatic rings. The molecule has 3 N–H and O–H groups in total. The van der Waals surface area contributed by atoms with Gasteiger partial charge in [0.1, 0.15) is 5.82 Å². The number of aryl methyl sites for hydroxylation is 1. The molecule has 0 aliphatic rings. The molecule has 80 valence electrons. The van der Waals surface area contributed by atoms with Crippen molar-refractivity contribution in [3.8, 4) is 0 Å². The molecule has 1 heterocycles. The zero-order valence-electron chi connectivity index (χ0n) is 8.62. The van der Waals surface area contributed by atoms with Crippen LogP contribution >= 0.6 is 0 Å². The molecule has 0 aliphatic heterocycles. The van der Waals surface area contributed by atoms with Crippen LogP contribution in [0.5, 0.6) is 0 Å². The number of hydrogen-bond acceptors (Lipinski definition) is 3. The monoisotopic (exact) mass is 198 g/mol. The standard InChI is InChI=1S/C9H18N4O/c1-2-3-7-13-8(5-4-6-10)11-12-9(13)14/h2-7,10H2,1H3,(H,12,14). The van der Waals surface area contributed by atoms with Crippen molar-refractivity contribution in [2.24, 2.45) is 5.73 Å². The molecule has 0 aromatic carbocycles. The number of hydrogen-bond donors (Lipinski definition) is 2. The smallest absolute Gasteiger partial charge is 0.330 e. The molecule has 0 amide bonds. The molecule has 5 heteroatoms. The van der Waals surface area contributed by atoms with E-state index >= 15 is 0 Å². The van der Waals surface area contributed by atoms with Gasteiger partial charge in [-0.25, -0.2) is 9.89 Å². The second kappa shape index (κ2) is 5.59. The van der Waals surface area contributed by atoms with E-state index in [4.69, 9.17) is 5.73 Å². The first-order valence-electron chi connectivity index (χ1n) is 5.13. The summed E-state index contributed by atoms with van der Waals surface area (Å²) in [6.07, 6.45) is 3.73. The van der Waals surface area contributed by atoms with Crippen molar-refractivity contribution < 1.29 is 0 Å². The molecule has 0 fully saturated rings. The van der Waals surface area contributed by atoms with E-state index in [1.165, 1.54) is 0 Å². The van der Waals surface area contributed by atoms with Gasteiger partial charge in [-0.1, -0.05) is 13.3 Å². The lowest BCUT2D eigenvalue weighted by Gasteiger charge is -2.03. The van der Waals surface area contributed by atoms with Gasteiger partial charge in [0.2, 0.25) is 0 Å². The fourth-order valence-corrected chi connectivity index (χ4v) is 1.35. The number of H-pyrrole nitrogens is 1. The number of nitrogens with zero attached hydrogens (tertiary/aromatic N) is 2. The fourth-order valence-electron chi connectivity index (χ4n) is 1.35. The molecule has 0 saturated heterocycles. The van der Waals surface area contributed by atoms with Gasteiger partial charge < -0.3 is 5.73 Å². The topological polar surface area (TPSA) is 76.7 Å². The largest absolute Gasteiger partial charge is 0.343 e. The Hall–Kier alpha value is -1.10. The highest BCUT2D eigenvalue weighted by Crippen LogP contribution is 1.98. The van der Waals surface area contributed by atoms with Crippen molar-refractivity contribution in [3.05, 3.63) is 16.3 Å². The van der Waals surface area contributed by atoms with Gasteiger partial charge in [0.25, 0.3) is 0 Å². The molecule has 0 unspecified atom stereocenters. The second-order valence-electron chi connectivity index (χ2n) is 3.34. The summed E-state index contributed by atoms with van der Waals surface area (Å²) in [5, 5.41) is 6.45. The minimum Gasteiger partial charge on any atom is -0.330 e. The van der Waals surface area contributed by atoms with Crippen LogP contribution in [0.1, 0.15) is 32.0 Å². The van der Waals surface area contributed by atoms with E-state index in [1.54, 1.807) is 4.57 Å². The molecular weight excluding hydrogens is 180 g/mol. The Labute approximate surface area is 83.3 Å². The highest BCUT2D eigenvalue weighted by Gasteiger charge is 2.06. The van der Waals surface area contributed by atoms with E-state index < -0.39 is 0 Å². The van der Waals surface area contributed by atoms with Gasteiger partial charge >= 0.3 is 5.69 Å². The average molecular weight is 198 g/mol. The van der Waals surface area contributed by atoms with Crippen molar-refractivity contribution >= 4 is 0 Å². The lowest BCUT2D eigenvalue weighted by Crippen LogP contribution is -2.19. The summed E-state index contributed by atoms with van der Waals surface area (Å²) in [5.41, 5.74) is 5.30. The number of aromatic amines is 1. The van der Waals surface area contributed by atoms with E-state index in [0.29, 0.717) is 6.54 Å². The first kappa shape index (κ1) is 11.0. The molecular formula is C9H18N4O. The zero-order chi connectivity index (χ0) is 10.4. The summed E-state index contributed by atoms with van der Waals surface area (Å²) in [7, 11) is 0. The lowest BCUT2D eigenvalue weighted by atomic mass is 10.3. The van der Waals surface area contributed by atoms with Crippen LogP contribution in [0.15, 0.2) is 4.79 Å². The van der Waals surface area contributed by atoms with Crippen LogP contribution in [0.25, 0.3) is 0 Å². The van der Waals surface area contributed by atoms with Gasteiger partial charge in [0.05, 0.1) is 0 Å². The highest BCUT2D eigenvalue weighted by atomic mass is 16.1. The van der Waals surface area contributed by atoms with Crippen LogP contribution < -0.4 is 11.4 Å². The van der Waals surface area contributed by atoms with Crippen LogP contribution in [-0.2, 0) is 13.0 Å². The SMILES string of the molecule is CCCCn1c(CCCN)n[nH]c1=O. The molecule has 0 bridgehead atoms. The summed E-state index contributed by atoms with van der Waals surface area (Å²) in [6.45, 7) is 3.49. The third-order valence-corrected chi connectivity index (χ3v) is 2.18. The summed E-state index contributed by atoms with van der Waals surface area (Å²) < 4.78 is 1.71. The predicted molar refractivity (Wildman–Crippen MR) is 55.1 cm³/mol. The normalized spacial score (nSPS) is 10.7. The number of nitrogens with one attached hydrogen (secondary N) is 1. The first-order chi connectivity index (χ1) is 6.79. The first-order valence-corrected chi connectivity index (χ1v) is 5.13. The Morgan fingerprint density at radius 1 is 1.50 bits per heavy atom. The molecule has 1 rings (SSSR count). The molecule has 0 aliphatic carbocycles. The second-order valence-corrected chi connectivity index (χ2v) is 3.34. The van der Waals surface area contributed by atoms with Crippen molar-refractivity contribution in [2.45, 2.75) is 39.2 Å². The average Bonchev–Trinajstić information content (AvgIpc) is 2.53. The lowest BCUT2D eigenvalue weighted by molar-refractivity contribution is 0.581. The Kier molecular flexibility index (Phi) is 4.39. The van der Waals surface area contributed by atoms with E-state index in [2.05, 4.69) is 17.1 Å². The third kappa shape index (κ3) is 2.70. The van der Waals surface area contributed by atoms with Gasteiger partial charge in [-0.15, -0.1) is 0 Å². The third-order valence-electron chi connectivity index (χ3n) is 2.18. The minimum atomic E-state index is -0.106. The van der Waals surface area contributed by atoms with E-state index in [1.807, 2.05) is 0 Å². The highest BCUT2D eigenvalue weighted by molar-refractivity contribution is 4.86. The van der Waals surface area contributed by atoms with Crippen molar-refractivity contribution in [1.29, 1.82) is 0 Å². The fraction of sp³-hybridized carbons (Fsp3) is 0.778. The van der Waals surface area contributed by atoms with E-state index in [-0.39, 0.29) is 5.69 Å². The number of aromatic nitrogens is 3. The van der Waals surface area contributed by atoms with Gasteiger partial charge in [0.15, 0.2) is 0 Å². The van der Waals surface area contributed by atoms with Gasteiger partial charge in [-0.3, -0.25) is 4.57 Å². The van der Waals surface area contributed by atoms with Crippen molar-refractivity contribution in [1.82, 2.24) is 14.8 Å². The van der Waals surface area contributed by atoms with Crippen LogP contribution in [0.2, 0.25) is 0 Å². The Bertz CT molecular complexity index is 315. The Morgan fingerprint density at radius 2 is 2.29 bits per heavy atom. The molecule has 0 atom stereocenters. The molecule has 0 spiro atoms. The van der Waals surface area contributed by atoms with Crippen LogP contribution in [0, 0.1) is 0 Å². The maximum atomic E-state index is 11.3.